The molecule has 0 radical (unpaired) electrons. The van der Waals surface area contributed by atoms with Crippen LogP contribution in [0.4, 0.5) is 0 Å². The summed E-state index contributed by atoms with van der Waals surface area (Å²) in [7, 11) is 1.60. The quantitative estimate of drug-likeness (QED) is 0.479. The maximum absolute atomic E-state index is 10.9. The molecular formula is C16H16N2O4. The van der Waals surface area contributed by atoms with Gasteiger partial charge in [-0.25, -0.2) is 4.79 Å². The first kappa shape index (κ1) is 15.5. The third-order valence-corrected chi connectivity index (χ3v) is 2.95. The van der Waals surface area contributed by atoms with Crippen LogP contribution in [0.25, 0.3) is 5.69 Å². The minimum atomic E-state index is -0.961. The lowest BCUT2D eigenvalue weighted by atomic mass is 10.2. The van der Waals surface area contributed by atoms with Crippen molar-refractivity contribution in [3.05, 3.63) is 47.8 Å². The predicted molar refractivity (Wildman–Crippen MR) is 81.2 cm³/mol. The van der Waals surface area contributed by atoms with Crippen LogP contribution in [-0.2, 0) is 4.74 Å². The van der Waals surface area contributed by atoms with Gasteiger partial charge >= 0.3 is 5.97 Å². The molecule has 114 valence electrons. The Balaban J connectivity index is 2.28. The number of rotatable bonds is 6. The summed E-state index contributed by atoms with van der Waals surface area (Å²) in [4.78, 5) is 10.9. The molecule has 0 spiro atoms. The fourth-order valence-electron chi connectivity index (χ4n) is 1.88. The van der Waals surface area contributed by atoms with Gasteiger partial charge in [-0.1, -0.05) is 0 Å². The van der Waals surface area contributed by atoms with E-state index in [4.69, 9.17) is 20.3 Å². The molecule has 0 bridgehead atoms. The van der Waals surface area contributed by atoms with Crippen LogP contribution in [0.1, 0.15) is 15.9 Å². The first-order valence-corrected chi connectivity index (χ1v) is 6.54. The average molecular weight is 300 g/mol. The normalized spacial score (nSPS) is 9.86. The molecule has 1 aromatic carbocycles. The van der Waals surface area contributed by atoms with E-state index in [1.165, 1.54) is 12.1 Å². The van der Waals surface area contributed by atoms with Crippen LogP contribution in [0, 0.1) is 12.0 Å². The van der Waals surface area contributed by atoms with E-state index in [2.05, 4.69) is 12.0 Å². The Hall–Kier alpha value is -2.91. The highest BCUT2D eigenvalue weighted by Gasteiger charge is 2.09. The summed E-state index contributed by atoms with van der Waals surface area (Å²) < 4.78 is 12.3. The molecule has 2 aromatic rings. The third kappa shape index (κ3) is 3.59. The molecule has 0 atom stereocenters. The van der Waals surface area contributed by atoms with Crippen LogP contribution in [0.3, 0.4) is 0 Å². The maximum atomic E-state index is 10.9. The van der Waals surface area contributed by atoms with Gasteiger partial charge in [0.1, 0.15) is 6.61 Å². The molecule has 0 aliphatic heterocycles. The van der Waals surface area contributed by atoms with Gasteiger partial charge in [0.15, 0.2) is 5.75 Å². The minimum absolute atomic E-state index is 0.231. The van der Waals surface area contributed by atoms with E-state index in [0.717, 1.165) is 5.69 Å². The molecule has 0 unspecified atom stereocenters. The zero-order chi connectivity index (χ0) is 15.9. The largest absolute Gasteiger partial charge is 0.488 e. The number of nitrogens with zero attached hydrogens (tertiary/aromatic N) is 1. The van der Waals surface area contributed by atoms with E-state index in [1.807, 2.05) is 0 Å². The van der Waals surface area contributed by atoms with Gasteiger partial charge in [0.25, 0.3) is 0 Å². The Morgan fingerprint density at radius 2 is 2.00 bits per heavy atom. The second-order valence-corrected chi connectivity index (χ2v) is 4.41. The van der Waals surface area contributed by atoms with Crippen LogP contribution < -0.4 is 10.5 Å². The summed E-state index contributed by atoms with van der Waals surface area (Å²) in [6.07, 6.45) is 3.54. The van der Waals surface area contributed by atoms with Crippen LogP contribution in [0.5, 0.6) is 5.75 Å². The summed E-state index contributed by atoms with van der Waals surface area (Å²) in [5, 5.41) is 8.91. The van der Waals surface area contributed by atoms with Gasteiger partial charge < -0.3 is 24.9 Å². The highest BCUT2D eigenvalue weighted by Crippen LogP contribution is 2.22. The fraction of sp³-hybridized carbons (Fsp3) is 0.188. The first-order chi connectivity index (χ1) is 10.7. The van der Waals surface area contributed by atoms with E-state index in [0.29, 0.717) is 24.5 Å². The number of methoxy groups -OCH3 is 1. The van der Waals surface area contributed by atoms with E-state index in [1.54, 1.807) is 36.2 Å². The van der Waals surface area contributed by atoms with Crippen molar-refractivity contribution in [1.29, 1.82) is 0 Å². The van der Waals surface area contributed by atoms with Crippen molar-refractivity contribution in [1.82, 2.24) is 4.57 Å². The van der Waals surface area contributed by atoms with Crippen LogP contribution in [0.15, 0.2) is 36.7 Å². The van der Waals surface area contributed by atoms with Gasteiger partial charge in [0, 0.05) is 25.0 Å². The van der Waals surface area contributed by atoms with E-state index in [-0.39, 0.29) is 5.56 Å². The summed E-state index contributed by atoms with van der Waals surface area (Å²) in [5.41, 5.74) is 6.95. The smallest absolute Gasteiger partial charge is 0.335 e. The molecule has 6 heteroatoms. The number of aromatic nitrogens is 1. The number of hydrogen-bond donors (Lipinski definition) is 2. The Morgan fingerprint density at radius 3 is 2.59 bits per heavy atom. The SMILES string of the molecule is COCCOc1cn(-c2ccc(C(=O)O)cc2)cc1C#CN. The molecule has 0 saturated carbocycles. The van der Waals surface area contributed by atoms with Crippen molar-refractivity contribution in [3.8, 4) is 23.4 Å². The van der Waals surface area contributed by atoms with E-state index >= 15 is 0 Å². The number of carboxylic acid groups (broad SMARTS) is 1. The van der Waals surface area contributed by atoms with Gasteiger partial charge in [-0.15, -0.1) is 0 Å². The highest BCUT2D eigenvalue weighted by molar-refractivity contribution is 5.87. The summed E-state index contributed by atoms with van der Waals surface area (Å²) >= 11 is 0. The summed E-state index contributed by atoms with van der Waals surface area (Å²) in [5.74, 6) is 2.40. The molecule has 0 saturated heterocycles. The molecule has 1 heterocycles. The van der Waals surface area contributed by atoms with Crippen molar-refractivity contribution >= 4 is 5.97 Å². The monoisotopic (exact) mass is 300 g/mol. The standard InChI is InChI=1S/C16H16N2O4/c1-21-8-9-22-15-11-18(10-13(15)6-7-17)14-4-2-12(3-5-14)16(19)20/h2-5,10-11H,8-9,17H2,1H3,(H,19,20). The summed E-state index contributed by atoms with van der Waals surface area (Å²) in [6.45, 7) is 0.867. The molecule has 0 aliphatic rings. The zero-order valence-electron chi connectivity index (χ0n) is 12.1. The Morgan fingerprint density at radius 1 is 1.27 bits per heavy atom. The van der Waals surface area contributed by atoms with Gasteiger partial charge in [0.2, 0.25) is 0 Å². The van der Waals surface area contributed by atoms with Gasteiger partial charge in [0.05, 0.1) is 23.9 Å². The van der Waals surface area contributed by atoms with E-state index in [9.17, 15) is 4.79 Å². The first-order valence-electron chi connectivity index (χ1n) is 6.54. The molecule has 6 nitrogen and oxygen atoms in total. The number of aromatic carboxylic acids is 1. The van der Waals surface area contributed by atoms with Crippen molar-refractivity contribution in [3.63, 3.8) is 0 Å². The molecule has 1 aromatic heterocycles. The second-order valence-electron chi connectivity index (χ2n) is 4.41. The minimum Gasteiger partial charge on any atom is -0.488 e. The molecule has 0 amide bonds. The topological polar surface area (TPSA) is 86.7 Å². The lowest BCUT2D eigenvalue weighted by Gasteiger charge is -2.04. The number of carbonyl (C=O) groups is 1. The van der Waals surface area contributed by atoms with E-state index < -0.39 is 5.97 Å². The number of ether oxygens (including phenoxy) is 2. The molecule has 22 heavy (non-hydrogen) atoms. The maximum Gasteiger partial charge on any atom is 0.335 e. The average Bonchev–Trinajstić information content (AvgIpc) is 2.91. The van der Waals surface area contributed by atoms with Gasteiger partial charge in [-0.05, 0) is 30.2 Å². The second kappa shape index (κ2) is 7.20. The van der Waals surface area contributed by atoms with Crippen molar-refractivity contribution in [2.45, 2.75) is 0 Å². The molecule has 0 fully saturated rings. The van der Waals surface area contributed by atoms with Crippen molar-refractivity contribution in [2.24, 2.45) is 5.73 Å². The highest BCUT2D eigenvalue weighted by atomic mass is 16.5. The van der Waals surface area contributed by atoms with Gasteiger partial charge in [-0.2, -0.15) is 0 Å². The van der Waals surface area contributed by atoms with Crippen LogP contribution in [0.2, 0.25) is 0 Å². The predicted octanol–water partition coefficient (Wildman–Crippen LogP) is 1.47. The molecule has 0 aliphatic carbocycles. The van der Waals surface area contributed by atoms with Crippen molar-refractivity contribution in [2.75, 3.05) is 20.3 Å². The van der Waals surface area contributed by atoms with Crippen molar-refractivity contribution < 1.29 is 19.4 Å². The Bertz CT molecular complexity index is 708. The number of nitrogens with two attached hydrogens (primary N) is 1. The third-order valence-electron chi connectivity index (χ3n) is 2.95. The zero-order valence-corrected chi connectivity index (χ0v) is 12.1. The van der Waals surface area contributed by atoms with Gasteiger partial charge in [-0.3, -0.25) is 0 Å². The summed E-state index contributed by atoms with van der Waals surface area (Å²) in [6, 6.07) is 8.85. The fourth-order valence-corrected chi connectivity index (χ4v) is 1.88. The Labute approximate surface area is 128 Å². The number of hydrogen-bond acceptors (Lipinski definition) is 4. The molecule has 3 N–H and O–H groups in total. The van der Waals surface area contributed by atoms with Crippen LogP contribution >= 0.6 is 0 Å². The lowest BCUT2D eigenvalue weighted by Crippen LogP contribution is -2.04. The Kier molecular flexibility index (Phi) is 5.07. The molecule has 2 rings (SSSR count). The number of benzene rings is 1. The van der Waals surface area contributed by atoms with Crippen LogP contribution in [-0.4, -0.2) is 36.0 Å². The number of carboxylic acids is 1. The lowest BCUT2D eigenvalue weighted by molar-refractivity contribution is 0.0697. The molecular weight excluding hydrogens is 284 g/mol.